The van der Waals surface area contributed by atoms with Crippen molar-refractivity contribution in [3.63, 3.8) is 0 Å². The number of hydrogen-bond donors (Lipinski definition) is 1. The summed E-state index contributed by atoms with van der Waals surface area (Å²) in [6.07, 6.45) is 3.57. The summed E-state index contributed by atoms with van der Waals surface area (Å²) in [7, 11) is 0. The molecule has 1 aliphatic carbocycles. The van der Waals surface area contributed by atoms with Crippen LogP contribution in [0.2, 0.25) is 0 Å². The standard InChI is InChI=1S/C28H21NO3.Pt/c1-28(2)22-11-4-3-10-20(22)21-16-24(32-27(21)28)18-8-5-9-19(15-18)31-25-14-13-17-7-6-12-23(30)26(17)29-25;/h3-14,21,27,30H,1-2H3;/q-2;+2/t21-,27+;/m0./s1. The Kier molecular flexibility index (Phi) is 5.29. The molecule has 0 fully saturated rings. The summed E-state index contributed by atoms with van der Waals surface area (Å²) in [5.74, 6) is 1.86. The van der Waals surface area contributed by atoms with E-state index in [1.165, 1.54) is 11.1 Å². The molecule has 2 aliphatic rings. The molecule has 1 aliphatic heterocycles. The molecule has 0 saturated heterocycles. The van der Waals surface area contributed by atoms with Gasteiger partial charge in [-0.05, 0) is 23.6 Å². The molecule has 1 aromatic heterocycles. The third kappa shape index (κ3) is 3.54. The number of aromatic hydroxyl groups is 1. The number of fused-ring (bicyclic) bond motifs is 4. The van der Waals surface area contributed by atoms with Crippen molar-refractivity contribution in [1.29, 1.82) is 0 Å². The molecule has 0 saturated carbocycles. The maximum absolute atomic E-state index is 10.1. The van der Waals surface area contributed by atoms with Gasteiger partial charge in [-0.1, -0.05) is 55.8 Å². The van der Waals surface area contributed by atoms with E-state index in [2.05, 4.69) is 55.2 Å². The fourth-order valence-corrected chi connectivity index (χ4v) is 4.82. The Morgan fingerprint density at radius 3 is 2.67 bits per heavy atom. The number of phenols is 1. The van der Waals surface area contributed by atoms with Gasteiger partial charge in [0, 0.05) is 22.6 Å². The average Bonchev–Trinajstić information content (AvgIpc) is 3.34. The minimum absolute atomic E-state index is 0. The first kappa shape index (κ1) is 21.7. The number of rotatable bonds is 3. The van der Waals surface area contributed by atoms with Gasteiger partial charge in [0.2, 0.25) is 5.88 Å². The molecule has 4 aromatic rings. The fraction of sp³-hybridized carbons (Fsp3) is 0.179. The zero-order valence-corrected chi connectivity index (χ0v) is 20.4. The van der Waals surface area contributed by atoms with Crippen molar-refractivity contribution in [2.24, 2.45) is 0 Å². The number of para-hydroxylation sites is 1. The molecule has 0 radical (unpaired) electrons. The summed E-state index contributed by atoms with van der Waals surface area (Å²) in [6, 6.07) is 26.5. The van der Waals surface area contributed by atoms with Crippen molar-refractivity contribution in [3.8, 4) is 17.4 Å². The molecule has 6 rings (SSSR count). The zero-order chi connectivity index (χ0) is 21.9. The molecular formula is C28H21NO3Pt. The number of phenolic OH excluding ortho intramolecular Hbond substituents is 1. The number of ether oxygens (including phenoxy) is 2. The predicted octanol–water partition coefficient (Wildman–Crippen LogP) is 6.15. The van der Waals surface area contributed by atoms with Crippen LogP contribution < -0.4 is 4.74 Å². The molecule has 0 amide bonds. The van der Waals surface area contributed by atoms with Crippen LogP contribution in [-0.2, 0) is 31.2 Å². The Morgan fingerprint density at radius 2 is 1.79 bits per heavy atom. The summed E-state index contributed by atoms with van der Waals surface area (Å²) in [4.78, 5) is 4.44. The number of hydrogen-bond acceptors (Lipinski definition) is 4. The maximum atomic E-state index is 10.1. The number of pyridine rings is 1. The Bertz CT molecular complexity index is 1400. The van der Waals surface area contributed by atoms with E-state index in [4.69, 9.17) is 9.47 Å². The predicted molar refractivity (Wildman–Crippen MR) is 122 cm³/mol. The van der Waals surface area contributed by atoms with Gasteiger partial charge in [0.05, 0.1) is 6.10 Å². The van der Waals surface area contributed by atoms with Crippen molar-refractivity contribution in [2.75, 3.05) is 0 Å². The molecule has 0 unspecified atom stereocenters. The van der Waals surface area contributed by atoms with Gasteiger partial charge in [-0.3, -0.25) is 11.6 Å². The third-order valence-electron chi connectivity index (χ3n) is 6.44. The monoisotopic (exact) mass is 614 g/mol. The number of aromatic nitrogens is 1. The van der Waals surface area contributed by atoms with Gasteiger partial charge in [0.1, 0.15) is 11.3 Å². The number of benzene rings is 3. The van der Waals surface area contributed by atoms with E-state index in [-0.39, 0.29) is 44.3 Å². The van der Waals surface area contributed by atoms with Gasteiger partial charge in [0.25, 0.3) is 0 Å². The quantitative estimate of drug-likeness (QED) is 0.282. The van der Waals surface area contributed by atoms with E-state index in [9.17, 15) is 5.11 Å². The molecule has 166 valence electrons. The van der Waals surface area contributed by atoms with Gasteiger partial charge < -0.3 is 14.6 Å². The number of nitrogens with zero attached hydrogens (tertiary/aromatic N) is 1. The first-order valence-electron chi connectivity index (χ1n) is 10.7. The van der Waals surface area contributed by atoms with Gasteiger partial charge in [-0.2, -0.15) is 12.1 Å². The van der Waals surface area contributed by atoms with E-state index < -0.39 is 0 Å². The third-order valence-corrected chi connectivity index (χ3v) is 6.44. The van der Waals surface area contributed by atoms with Gasteiger partial charge in [-0.25, -0.2) is 11.1 Å². The Hall–Kier alpha value is -3.10. The fourth-order valence-electron chi connectivity index (χ4n) is 4.82. The Morgan fingerprint density at radius 1 is 0.970 bits per heavy atom. The van der Waals surface area contributed by atoms with Crippen LogP contribution in [-0.4, -0.2) is 16.2 Å². The Balaban J connectivity index is 0.00000228. The second-order valence-electron chi connectivity index (χ2n) is 8.83. The van der Waals surface area contributed by atoms with Crippen LogP contribution in [0, 0.1) is 12.1 Å². The SMILES string of the molecule is CC1(C)c2ccccc2[C@@H]2[C-]=C(c3[c-]c(Oc4ccc5cccc(O)c5n4)ccc3)O[C@H]21.[Pt+2]. The van der Waals surface area contributed by atoms with E-state index in [0.717, 1.165) is 10.9 Å². The van der Waals surface area contributed by atoms with E-state index >= 15 is 0 Å². The average molecular weight is 615 g/mol. The molecule has 1 N–H and O–H groups in total. The van der Waals surface area contributed by atoms with E-state index in [1.54, 1.807) is 18.2 Å². The molecule has 0 spiro atoms. The Labute approximate surface area is 207 Å². The second-order valence-corrected chi connectivity index (χ2v) is 8.83. The van der Waals surface area contributed by atoms with E-state index in [1.807, 2.05) is 30.3 Å². The van der Waals surface area contributed by atoms with Gasteiger partial charge in [-0.15, -0.1) is 11.8 Å². The first-order valence-corrected chi connectivity index (χ1v) is 10.7. The molecular weight excluding hydrogens is 593 g/mol. The second kappa shape index (κ2) is 8.04. The van der Waals surface area contributed by atoms with Crippen molar-refractivity contribution < 1.29 is 35.6 Å². The van der Waals surface area contributed by atoms with E-state index in [0.29, 0.717) is 22.9 Å². The van der Waals surface area contributed by atoms with Crippen molar-refractivity contribution in [2.45, 2.75) is 31.3 Å². The molecule has 33 heavy (non-hydrogen) atoms. The maximum Gasteiger partial charge on any atom is 2.00 e. The van der Waals surface area contributed by atoms with Crippen molar-refractivity contribution >= 4 is 16.7 Å². The summed E-state index contributed by atoms with van der Waals surface area (Å²) in [5, 5.41) is 10.9. The summed E-state index contributed by atoms with van der Waals surface area (Å²) >= 11 is 0. The molecule has 3 aromatic carbocycles. The molecule has 0 bridgehead atoms. The summed E-state index contributed by atoms with van der Waals surface area (Å²) in [5.41, 5.74) is 3.82. The van der Waals surface area contributed by atoms with Crippen LogP contribution >= 0.6 is 0 Å². The van der Waals surface area contributed by atoms with Crippen LogP contribution in [0.1, 0.15) is 36.5 Å². The first-order chi connectivity index (χ1) is 15.5. The topological polar surface area (TPSA) is 51.6 Å². The molecule has 4 nitrogen and oxygen atoms in total. The summed E-state index contributed by atoms with van der Waals surface area (Å²) < 4.78 is 12.4. The van der Waals surface area contributed by atoms with Crippen LogP contribution in [0.3, 0.4) is 0 Å². The minimum Gasteiger partial charge on any atom is -0.570 e. The molecule has 2 atom stereocenters. The van der Waals surface area contributed by atoms with Crippen LogP contribution in [0.15, 0.2) is 72.8 Å². The van der Waals surface area contributed by atoms with Crippen molar-refractivity contribution in [3.05, 3.63) is 102 Å². The largest absolute Gasteiger partial charge is 2.00 e. The summed E-state index contributed by atoms with van der Waals surface area (Å²) in [6.45, 7) is 4.45. The normalized spacial score (nSPS) is 19.8. The minimum atomic E-state index is -0.0961. The smallest absolute Gasteiger partial charge is 0.570 e. The van der Waals surface area contributed by atoms with Gasteiger partial charge in [0.15, 0.2) is 0 Å². The molecule has 2 heterocycles. The van der Waals surface area contributed by atoms with Crippen LogP contribution in [0.5, 0.6) is 17.4 Å². The van der Waals surface area contributed by atoms with Crippen LogP contribution in [0.4, 0.5) is 0 Å². The molecule has 5 heteroatoms. The van der Waals surface area contributed by atoms with Crippen LogP contribution in [0.25, 0.3) is 16.7 Å². The van der Waals surface area contributed by atoms with Gasteiger partial charge >= 0.3 is 21.1 Å². The van der Waals surface area contributed by atoms with Crippen molar-refractivity contribution in [1.82, 2.24) is 4.98 Å². The zero-order valence-electron chi connectivity index (χ0n) is 18.1.